The van der Waals surface area contributed by atoms with Gasteiger partial charge in [-0.15, -0.1) is 0 Å². The first-order chi connectivity index (χ1) is 7.65. The first-order valence-electron chi connectivity index (χ1n) is 4.50. The average Bonchev–Trinajstić information content (AvgIpc) is 2.28. The van der Waals surface area contributed by atoms with Gasteiger partial charge < -0.3 is 4.18 Å². The SMILES string of the molecule is O=COS(=O)(=O)c1cccc2ccccc12.[NaH]. The Balaban J connectivity index is 0.00000144. The average molecular weight is 260 g/mol. The summed E-state index contributed by atoms with van der Waals surface area (Å²) in [6.45, 7) is -0.0862. The van der Waals surface area contributed by atoms with Crippen molar-refractivity contribution in [1.29, 1.82) is 0 Å². The number of carbonyl (C=O) groups is 1. The molecule has 0 bridgehead atoms. The maximum absolute atomic E-state index is 11.6. The first kappa shape index (κ1) is 14.2. The summed E-state index contributed by atoms with van der Waals surface area (Å²) < 4.78 is 27.3. The van der Waals surface area contributed by atoms with Gasteiger partial charge in [0.25, 0.3) is 0 Å². The van der Waals surface area contributed by atoms with Crippen LogP contribution in [0.15, 0.2) is 47.4 Å². The van der Waals surface area contributed by atoms with Crippen molar-refractivity contribution in [3.05, 3.63) is 42.5 Å². The van der Waals surface area contributed by atoms with Crippen LogP contribution in [0.3, 0.4) is 0 Å². The fraction of sp³-hybridized carbons (Fsp3) is 0. The molecule has 0 spiro atoms. The molecule has 0 saturated carbocycles. The number of rotatable bonds is 3. The van der Waals surface area contributed by atoms with Crippen LogP contribution in [-0.2, 0) is 19.1 Å². The van der Waals surface area contributed by atoms with Gasteiger partial charge in [-0.25, -0.2) is 0 Å². The molecule has 0 radical (unpaired) electrons. The zero-order valence-electron chi connectivity index (χ0n) is 8.16. The Labute approximate surface area is 121 Å². The topological polar surface area (TPSA) is 60.4 Å². The van der Waals surface area contributed by atoms with Crippen LogP contribution in [0.25, 0.3) is 10.8 Å². The minimum atomic E-state index is -4.00. The molecule has 0 fully saturated rings. The monoisotopic (exact) mass is 260 g/mol. The van der Waals surface area contributed by atoms with Crippen LogP contribution < -0.4 is 0 Å². The molecule has 0 atom stereocenters. The van der Waals surface area contributed by atoms with Gasteiger partial charge in [0.05, 0.1) is 0 Å². The van der Waals surface area contributed by atoms with Gasteiger partial charge in [-0.05, 0) is 11.5 Å². The predicted molar refractivity (Wildman–Crippen MR) is 65.4 cm³/mol. The van der Waals surface area contributed by atoms with Gasteiger partial charge in [-0.2, -0.15) is 8.42 Å². The molecule has 0 aliphatic carbocycles. The summed E-state index contributed by atoms with van der Waals surface area (Å²) in [4.78, 5) is 10.1. The van der Waals surface area contributed by atoms with Crippen molar-refractivity contribution in [3.8, 4) is 0 Å². The number of hydrogen-bond acceptors (Lipinski definition) is 4. The summed E-state index contributed by atoms with van der Waals surface area (Å²) >= 11 is 0. The third-order valence-electron chi connectivity index (χ3n) is 2.18. The van der Waals surface area contributed by atoms with Crippen molar-refractivity contribution < 1.29 is 17.4 Å². The summed E-state index contributed by atoms with van der Waals surface area (Å²) in [5, 5.41) is 1.31. The van der Waals surface area contributed by atoms with E-state index in [-0.39, 0.29) is 40.9 Å². The van der Waals surface area contributed by atoms with E-state index < -0.39 is 10.1 Å². The van der Waals surface area contributed by atoms with E-state index in [4.69, 9.17) is 0 Å². The van der Waals surface area contributed by atoms with Gasteiger partial charge in [0, 0.05) is 5.39 Å². The predicted octanol–water partition coefficient (Wildman–Crippen LogP) is 1.05. The van der Waals surface area contributed by atoms with E-state index in [0.717, 1.165) is 5.39 Å². The molecule has 4 nitrogen and oxygen atoms in total. The fourth-order valence-corrected chi connectivity index (χ4v) is 2.42. The normalized spacial score (nSPS) is 10.6. The fourth-order valence-electron chi connectivity index (χ4n) is 1.52. The number of fused-ring (bicyclic) bond motifs is 1. The molecular formula is C11H9NaO4S. The van der Waals surface area contributed by atoms with Gasteiger partial charge >= 0.3 is 46.1 Å². The molecule has 0 aliphatic heterocycles. The molecule has 0 saturated heterocycles. The van der Waals surface area contributed by atoms with Crippen LogP contribution in [0.5, 0.6) is 0 Å². The van der Waals surface area contributed by atoms with E-state index >= 15 is 0 Å². The number of carbonyl (C=O) groups excluding carboxylic acids is 1. The molecule has 2 aromatic carbocycles. The molecule has 0 N–H and O–H groups in total. The molecule has 6 heteroatoms. The van der Waals surface area contributed by atoms with Crippen molar-refractivity contribution in [2.24, 2.45) is 0 Å². The third kappa shape index (κ3) is 2.87. The summed E-state index contributed by atoms with van der Waals surface area (Å²) in [7, 11) is -4.00. The van der Waals surface area contributed by atoms with Crippen molar-refractivity contribution in [1.82, 2.24) is 0 Å². The van der Waals surface area contributed by atoms with E-state index in [1.165, 1.54) is 6.07 Å². The summed E-state index contributed by atoms with van der Waals surface area (Å²) in [6, 6.07) is 11.8. The molecule has 2 aromatic rings. The Hall–Kier alpha value is -0.880. The van der Waals surface area contributed by atoms with E-state index in [9.17, 15) is 13.2 Å². The molecule has 0 amide bonds. The molecule has 17 heavy (non-hydrogen) atoms. The van der Waals surface area contributed by atoms with Crippen molar-refractivity contribution in [2.45, 2.75) is 4.90 Å². The van der Waals surface area contributed by atoms with Crippen molar-refractivity contribution in [2.75, 3.05) is 0 Å². The van der Waals surface area contributed by atoms with Gasteiger partial charge in [0.1, 0.15) is 4.90 Å². The molecule has 0 unspecified atom stereocenters. The van der Waals surface area contributed by atoms with E-state index in [2.05, 4.69) is 4.18 Å². The van der Waals surface area contributed by atoms with Gasteiger partial charge in [0.15, 0.2) is 0 Å². The summed E-state index contributed by atoms with van der Waals surface area (Å²) in [6.07, 6.45) is 0. The third-order valence-corrected chi connectivity index (χ3v) is 3.41. The van der Waals surface area contributed by atoms with Crippen molar-refractivity contribution in [3.63, 3.8) is 0 Å². The van der Waals surface area contributed by atoms with Gasteiger partial charge in [-0.3, -0.25) is 4.79 Å². The molecular weight excluding hydrogens is 251 g/mol. The van der Waals surface area contributed by atoms with Crippen LogP contribution in [0, 0.1) is 0 Å². The first-order valence-corrected chi connectivity index (χ1v) is 5.91. The van der Waals surface area contributed by atoms with E-state index in [1.807, 2.05) is 0 Å². The van der Waals surface area contributed by atoms with Crippen LogP contribution in [0.1, 0.15) is 0 Å². The number of benzene rings is 2. The quantitative estimate of drug-likeness (QED) is 0.470. The van der Waals surface area contributed by atoms with Crippen molar-refractivity contribution >= 4 is 56.9 Å². The maximum atomic E-state index is 11.6. The minimum absolute atomic E-state index is 0. The summed E-state index contributed by atoms with van der Waals surface area (Å²) in [5.41, 5.74) is 0. The van der Waals surface area contributed by atoms with Gasteiger partial charge in [0.2, 0.25) is 0 Å². The molecule has 0 heterocycles. The zero-order chi connectivity index (χ0) is 11.6. The molecule has 0 aliphatic rings. The van der Waals surface area contributed by atoms with E-state index in [1.54, 1.807) is 36.4 Å². The molecule has 0 aromatic heterocycles. The van der Waals surface area contributed by atoms with Crippen LogP contribution in [-0.4, -0.2) is 44.4 Å². The Morgan fingerprint density at radius 1 is 1.00 bits per heavy atom. The second-order valence-electron chi connectivity index (χ2n) is 3.12. The second kappa shape index (κ2) is 5.64. The Kier molecular flexibility index (Phi) is 4.70. The van der Waals surface area contributed by atoms with Crippen LogP contribution >= 0.6 is 0 Å². The molecule has 84 valence electrons. The van der Waals surface area contributed by atoms with E-state index in [0.29, 0.717) is 5.39 Å². The number of hydrogen-bond donors (Lipinski definition) is 0. The Morgan fingerprint density at radius 2 is 1.65 bits per heavy atom. The Bertz CT molecular complexity index is 631. The Morgan fingerprint density at radius 3 is 2.35 bits per heavy atom. The second-order valence-corrected chi connectivity index (χ2v) is 4.66. The zero-order valence-corrected chi connectivity index (χ0v) is 8.98. The van der Waals surface area contributed by atoms with Gasteiger partial charge in [-0.1, -0.05) is 36.4 Å². The molecule has 2 rings (SSSR count). The summed E-state index contributed by atoms with van der Waals surface area (Å²) in [5.74, 6) is 0. The van der Waals surface area contributed by atoms with Crippen LogP contribution in [0.4, 0.5) is 0 Å². The standard InChI is InChI=1S/C11H8O4S.Na.H/c12-8-15-16(13,14)11-7-3-5-9-4-1-2-6-10(9)11;;/h1-8H;;. The van der Waals surface area contributed by atoms with Crippen LogP contribution in [0.2, 0.25) is 0 Å².